The molecule has 2 heterocycles. The van der Waals surface area contributed by atoms with E-state index >= 15 is 0 Å². The lowest BCUT2D eigenvalue weighted by molar-refractivity contribution is 0.0942. The molecule has 0 unspecified atom stereocenters. The third-order valence-electron chi connectivity index (χ3n) is 3.42. The first kappa shape index (κ1) is 14.9. The molecular weight excluding hydrogens is 294 g/mol. The molecule has 6 heteroatoms. The Morgan fingerprint density at radius 1 is 1.30 bits per heavy atom. The first-order chi connectivity index (χ1) is 11.2. The Hall–Kier alpha value is -3.02. The maximum atomic E-state index is 12.2. The summed E-state index contributed by atoms with van der Waals surface area (Å²) in [5, 5.41) is 7.16. The number of ether oxygens (including phenoxy) is 1. The normalized spacial score (nSPS) is 10.5. The number of amides is 1. The average molecular weight is 311 g/mol. The van der Waals surface area contributed by atoms with Crippen LogP contribution in [0.25, 0.3) is 5.69 Å². The number of hydrogen-bond acceptors (Lipinski definition) is 4. The highest BCUT2D eigenvalue weighted by Gasteiger charge is 2.13. The highest BCUT2D eigenvalue weighted by molar-refractivity contribution is 5.92. The molecule has 1 amide bonds. The Kier molecular flexibility index (Phi) is 4.14. The van der Waals surface area contributed by atoms with Crippen molar-refractivity contribution in [1.82, 2.24) is 15.1 Å². The van der Waals surface area contributed by atoms with E-state index in [1.165, 1.54) is 0 Å². The Bertz CT molecular complexity index is 806. The van der Waals surface area contributed by atoms with Crippen LogP contribution in [-0.2, 0) is 6.54 Å². The highest BCUT2D eigenvalue weighted by atomic mass is 16.5. The molecule has 6 nitrogen and oxygen atoms in total. The molecule has 0 aliphatic heterocycles. The zero-order chi connectivity index (χ0) is 16.2. The first-order valence-corrected chi connectivity index (χ1v) is 7.19. The van der Waals surface area contributed by atoms with Crippen LogP contribution in [0.2, 0.25) is 0 Å². The molecule has 0 radical (unpaired) electrons. The SMILES string of the molecule is COc1cccc(-n2nc(C(=O)NCc3ccco3)cc2C)c1. The second-order valence-electron chi connectivity index (χ2n) is 5.05. The van der Waals surface area contributed by atoms with Crippen molar-refractivity contribution in [3.05, 3.63) is 65.9 Å². The van der Waals surface area contributed by atoms with Crippen LogP contribution in [0.1, 0.15) is 21.9 Å². The standard InChI is InChI=1S/C17H17N3O3/c1-12-9-16(17(21)18-11-15-7-4-8-23-15)19-20(12)13-5-3-6-14(10-13)22-2/h3-10H,11H2,1-2H3,(H,18,21). The zero-order valence-electron chi connectivity index (χ0n) is 12.9. The van der Waals surface area contributed by atoms with Crippen LogP contribution < -0.4 is 10.1 Å². The number of nitrogens with zero attached hydrogens (tertiary/aromatic N) is 2. The summed E-state index contributed by atoms with van der Waals surface area (Å²) in [6, 6.07) is 12.9. The third kappa shape index (κ3) is 3.26. The van der Waals surface area contributed by atoms with Crippen LogP contribution in [0.3, 0.4) is 0 Å². The molecular formula is C17H17N3O3. The van der Waals surface area contributed by atoms with Crippen LogP contribution in [0, 0.1) is 6.92 Å². The van der Waals surface area contributed by atoms with Gasteiger partial charge in [0.15, 0.2) is 5.69 Å². The van der Waals surface area contributed by atoms with Crippen molar-refractivity contribution in [2.24, 2.45) is 0 Å². The summed E-state index contributed by atoms with van der Waals surface area (Å²) in [5.74, 6) is 1.19. The molecule has 1 aromatic carbocycles. The fourth-order valence-electron chi connectivity index (χ4n) is 2.26. The van der Waals surface area contributed by atoms with Gasteiger partial charge < -0.3 is 14.5 Å². The van der Waals surface area contributed by atoms with Gasteiger partial charge in [0.2, 0.25) is 0 Å². The second kappa shape index (κ2) is 6.39. The lowest BCUT2D eigenvalue weighted by atomic mass is 10.3. The number of rotatable bonds is 5. The summed E-state index contributed by atoms with van der Waals surface area (Å²) >= 11 is 0. The minimum atomic E-state index is -0.244. The van der Waals surface area contributed by atoms with Crippen molar-refractivity contribution in [1.29, 1.82) is 0 Å². The molecule has 0 aliphatic rings. The van der Waals surface area contributed by atoms with Gasteiger partial charge in [0, 0.05) is 11.8 Å². The summed E-state index contributed by atoms with van der Waals surface area (Å²) in [5.41, 5.74) is 2.06. The van der Waals surface area contributed by atoms with Crippen LogP contribution >= 0.6 is 0 Å². The third-order valence-corrected chi connectivity index (χ3v) is 3.42. The maximum absolute atomic E-state index is 12.2. The molecule has 0 saturated heterocycles. The van der Waals surface area contributed by atoms with Crippen molar-refractivity contribution >= 4 is 5.91 Å². The van der Waals surface area contributed by atoms with Crippen LogP contribution in [-0.4, -0.2) is 22.8 Å². The molecule has 0 atom stereocenters. The smallest absolute Gasteiger partial charge is 0.272 e. The summed E-state index contributed by atoms with van der Waals surface area (Å²) in [6.45, 7) is 2.23. The molecule has 0 spiro atoms. The molecule has 3 rings (SSSR count). The molecule has 23 heavy (non-hydrogen) atoms. The summed E-state index contributed by atoms with van der Waals surface area (Å²) in [4.78, 5) is 12.2. The predicted octanol–water partition coefficient (Wildman–Crippen LogP) is 2.71. The van der Waals surface area contributed by atoms with Crippen molar-refractivity contribution in [2.45, 2.75) is 13.5 Å². The largest absolute Gasteiger partial charge is 0.497 e. The fourth-order valence-corrected chi connectivity index (χ4v) is 2.26. The number of nitrogens with one attached hydrogen (secondary N) is 1. The van der Waals surface area contributed by atoms with Crippen molar-refractivity contribution < 1.29 is 13.9 Å². The number of methoxy groups -OCH3 is 1. The van der Waals surface area contributed by atoms with Gasteiger partial charge >= 0.3 is 0 Å². The number of benzene rings is 1. The summed E-state index contributed by atoms with van der Waals surface area (Å²) in [6.07, 6.45) is 1.57. The maximum Gasteiger partial charge on any atom is 0.272 e. The number of furan rings is 1. The van der Waals surface area contributed by atoms with E-state index in [0.29, 0.717) is 18.0 Å². The van der Waals surface area contributed by atoms with Gasteiger partial charge in [-0.1, -0.05) is 6.07 Å². The Morgan fingerprint density at radius 2 is 2.17 bits per heavy atom. The topological polar surface area (TPSA) is 69.3 Å². The van der Waals surface area contributed by atoms with E-state index in [1.54, 1.807) is 36.3 Å². The van der Waals surface area contributed by atoms with E-state index in [-0.39, 0.29) is 5.91 Å². The Morgan fingerprint density at radius 3 is 2.91 bits per heavy atom. The highest BCUT2D eigenvalue weighted by Crippen LogP contribution is 2.18. The van der Waals surface area contributed by atoms with Crippen LogP contribution in [0.4, 0.5) is 0 Å². The quantitative estimate of drug-likeness (QED) is 0.786. The molecule has 0 fully saturated rings. The van der Waals surface area contributed by atoms with E-state index < -0.39 is 0 Å². The monoisotopic (exact) mass is 311 g/mol. The Balaban J connectivity index is 1.78. The van der Waals surface area contributed by atoms with E-state index in [1.807, 2.05) is 31.2 Å². The molecule has 0 saturated carbocycles. The number of carbonyl (C=O) groups is 1. The summed E-state index contributed by atoms with van der Waals surface area (Å²) < 4.78 is 12.1. The van der Waals surface area contributed by atoms with Crippen molar-refractivity contribution in [3.63, 3.8) is 0 Å². The van der Waals surface area contributed by atoms with Gasteiger partial charge in [-0.2, -0.15) is 5.10 Å². The van der Waals surface area contributed by atoms with E-state index in [2.05, 4.69) is 10.4 Å². The lowest BCUT2D eigenvalue weighted by Crippen LogP contribution is -2.23. The molecule has 0 bridgehead atoms. The van der Waals surface area contributed by atoms with E-state index in [4.69, 9.17) is 9.15 Å². The van der Waals surface area contributed by atoms with Gasteiger partial charge in [0.25, 0.3) is 5.91 Å². The average Bonchev–Trinajstić information content (AvgIpc) is 3.22. The van der Waals surface area contributed by atoms with Gasteiger partial charge in [-0.25, -0.2) is 4.68 Å². The molecule has 0 aliphatic carbocycles. The van der Waals surface area contributed by atoms with Gasteiger partial charge in [-0.3, -0.25) is 4.79 Å². The number of aryl methyl sites for hydroxylation is 1. The molecule has 3 aromatic rings. The molecule has 118 valence electrons. The molecule has 1 N–H and O–H groups in total. The van der Waals surface area contributed by atoms with E-state index in [9.17, 15) is 4.79 Å². The van der Waals surface area contributed by atoms with Gasteiger partial charge in [-0.15, -0.1) is 0 Å². The predicted molar refractivity (Wildman–Crippen MR) is 84.7 cm³/mol. The minimum absolute atomic E-state index is 0.244. The number of hydrogen-bond donors (Lipinski definition) is 1. The molecule has 2 aromatic heterocycles. The van der Waals surface area contributed by atoms with Gasteiger partial charge in [0.1, 0.15) is 11.5 Å². The second-order valence-corrected chi connectivity index (χ2v) is 5.05. The van der Waals surface area contributed by atoms with Crippen LogP contribution in [0.15, 0.2) is 53.1 Å². The van der Waals surface area contributed by atoms with E-state index in [0.717, 1.165) is 17.1 Å². The fraction of sp³-hybridized carbons (Fsp3) is 0.176. The van der Waals surface area contributed by atoms with Crippen LogP contribution in [0.5, 0.6) is 5.75 Å². The van der Waals surface area contributed by atoms with Crippen molar-refractivity contribution in [2.75, 3.05) is 7.11 Å². The van der Waals surface area contributed by atoms with Gasteiger partial charge in [-0.05, 0) is 37.3 Å². The lowest BCUT2D eigenvalue weighted by Gasteiger charge is -2.06. The number of aromatic nitrogens is 2. The van der Waals surface area contributed by atoms with Gasteiger partial charge in [0.05, 0.1) is 25.6 Å². The number of carbonyl (C=O) groups excluding carboxylic acids is 1. The van der Waals surface area contributed by atoms with Crippen molar-refractivity contribution in [3.8, 4) is 11.4 Å². The first-order valence-electron chi connectivity index (χ1n) is 7.19. The minimum Gasteiger partial charge on any atom is -0.497 e. The summed E-state index contributed by atoms with van der Waals surface area (Å²) in [7, 11) is 1.61. The Labute approximate surface area is 133 Å². The zero-order valence-corrected chi connectivity index (χ0v) is 12.9.